The van der Waals surface area contributed by atoms with E-state index in [4.69, 9.17) is 0 Å². The van der Waals surface area contributed by atoms with Gasteiger partial charge in [0, 0.05) is 24.3 Å². The van der Waals surface area contributed by atoms with E-state index >= 15 is 0 Å². The minimum absolute atomic E-state index is 0.0136. The number of carbonyl (C=O) groups is 1. The number of rotatable bonds is 5. The first-order valence-electron chi connectivity index (χ1n) is 8.30. The van der Waals surface area contributed by atoms with Crippen LogP contribution in [0.4, 0.5) is 4.79 Å². The lowest BCUT2D eigenvalue weighted by Gasteiger charge is -2.24. The van der Waals surface area contributed by atoms with Gasteiger partial charge in [0.15, 0.2) is 0 Å². The minimum Gasteiger partial charge on any atom is -0.332 e. The van der Waals surface area contributed by atoms with Crippen molar-refractivity contribution >= 4 is 28.7 Å². The van der Waals surface area contributed by atoms with Crippen LogP contribution in [0.15, 0.2) is 41.4 Å². The molecule has 0 radical (unpaired) electrons. The summed E-state index contributed by atoms with van der Waals surface area (Å²) in [6.07, 6.45) is 5.77. The summed E-state index contributed by atoms with van der Waals surface area (Å²) in [7, 11) is 0. The summed E-state index contributed by atoms with van der Waals surface area (Å²) in [4.78, 5) is 20.3. The van der Waals surface area contributed by atoms with E-state index in [-0.39, 0.29) is 12.1 Å². The fourth-order valence-corrected chi connectivity index (χ4v) is 4.72. The molecule has 0 unspecified atom stereocenters. The van der Waals surface area contributed by atoms with Crippen LogP contribution in [0.1, 0.15) is 18.5 Å². The smallest absolute Gasteiger partial charge is 0.318 e. The molecule has 0 bridgehead atoms. The summed E-state index contributed by atoms with van der Waals surface area (Å²) < 4.78 is 1.89. The second kappa shape index (κ2) is 7.37. The molecule has 0 aromatic carbocycles. The molecule has 3 aromatic heterocycles. The van der Waals surface area contributed by atoms with Gasteiger partial charge in [-0.2, -0.15) is 5.10 Å². The fourth-order valence-electron chi connectivity index (χ4n) is 3.09. The van der Waals surface area contributed by atoms with E-state index in [2.05, 4.69) is 21.5 Å². The van der Waals surface area contributed by atoms with Crippen LogP contribution in [-0.4, -0.2) is 38.3 Å². The molecular formula is C17H19N5OS2. The maximum atomic E-state index is 12.6. The third kappa shape index (κ3) is 3.74. The van der Waals surface area contributed by atoms with Crippen molar-refractivity contribution in [3.63, 3.8) is 0 Å². The van der Waals surface area contributed by atoms with Crippen LogP contribution in [0.2, 0.25) is 0 Å². The highest BCUT2D eigenvalue weighted by Crippen LogP contribution is 2.27. The van der Waals surface area contributed by atoms with Gasteiger partial charge in [-0.1, -0.05) is 6.07 Å². The standard InChI is InChI=1S/C17H19N5OS2/c23-17(22-8-1-4-14(22)11-21-7-3-6-19-21)18-10-13-12-25-16(20-13)15-5-2-9-24-15/h2-3,5-7,9,12,14H,1,4,8,10-11H2,(H,18,23)/t14-/m1/s1. The first-order valence-corrected chi connectivity index (χ1v) is 10.1. The van der Waals surface area contributed by atoms with Gasteiger partial charge in [0.1, 0.15) is 5.01 Å². The Kier molecular flexibility index (Phi) is 4.80. The number of amides is 2. The molecule has 6 nitrogen and oxygen atoms in total. The molecule has 1 fully saturated rings. The normalized spacial score (nSPS) is 17.1. The van der Waals surface area contributed by atoms with E-state index in [9.17, 15) is 4.79 Å². The summed E-state index contributed by atoms with van der Waals surface area (Å²) in [6, 6.07) is 6.19. The molecule has 8 heteroatoms. The number of urea groups is 1. The van der Waals surface area contributed by atoms with Gasteiger partial charge in [0.05, 0.1) is 29.7 Å². The first-order chi connectivity index (χ1) is 12.3. The Morgan fingerprint density at radius 2 is 2.32 bits per heavy atom. The zero-order valence-electron chi connectivity index (χ0n) is 13.7. The number of likely N-dealkylation sites (tertiary alicyclic amines) is 1. The third-order valence-electron chi connectivity index (χ3n) is 4.30. The van der Waals surface area contributed by atoms with Crippen LogP contribution in [0, 0.1) is 0 Å². The lowest BCUT2D eigenvalue weighted by atomic mass is 10.2. The molecule has 0 aliphatic carbocycles. The molecule has 3 aromatic rings. The molecule has 4 heterocycles. The Hall–Kier alpha value is -2.19. The van der Waals surface area contributed by atoms with Gasteiger partial charge in [-0.15, -0.1) is 22.7 Å². The largest absolute Gasteiger partial charge is 0.332 e. The summed E-state index contributed by atoms with van der Waals surface area (Å²) in [5.41, 5.74) is 0.907. The second-order valence-corrected chi connectivity index (χ2v) is 7.80. The van der Waals surface area contributed by atoms with Gasteiger partial charge in [-0.3, -0.25) is 4.68 Å². The van der Waals surface area contributed by atoms with E-state index in [1.165, 1.54) is 4.88 Å². The van der Waals surface area contributed by atoms with Crippen molar-refractivity contribution in [3.05, 3.63) is 47.0 Å². The number of hydrogen-bond donors (Lipinski definition) is 1. The Morgan fingerprint density at radius 1 is 1.36 bits per heavy atom. The minimum atomic E-state index is -0.0136. The highest BCUT2D eigenvalue weighted by molar-refractivity contribution is 7.20. The van der Waals surface area contributed by atoms with Gasteiger partial charge in [0.2, 0.25) is 0 Å². The number of thiazole rings is 1. The van der Waals surface area contributed by atoms with E-state index in [1.807, 2.05) is 38.7 Å². The van der Waals surface area contributed by atoms with Crippen molar-refractivity contribution in [2.24, 2.45) is 0 Å². The van der Waals surface area contributed by atoms with Gasteiger partial charge in [-0.25, -0.2) is 9.78 Å². The van der Waals surface area contributed by atoms with Crippen molar-refractivity contribution < 1.29 is 4.79 Å². The molecule has 1 N–H and O–H groups in total. The molecule has 1 aliphatic heterocycles. The number of hydrogen-bond acceptors (Lipinski definition) is 5. The van der Waals surface area contributed by atoms with Crippen LogP contribution < -0.4 is 5.32 Å². The number of nitrogens with zero attached hydrogens (tertiary/aromatic N) is 4. The molecular weight excluding hydrogens is 354 g/mol. The van der Waals surface area contributed by atoms with Crippen LogP contribution in [0.3, 0.4) is 0 Å². The van der Waals surface area contributed by atoms with Crippen molar-refractivity contribution in [3.8, 4) is 9.88 Å². The zero-order valence-corrected chi connectivity index (χ0v) is 15.3. The SMILES string of the molecule is O=C(NCc1csc(-c2cccs2)n1)N1CCC[C@@H]1Cn1cccn1. The number of nitrogens with one attached hydrogen (secondary N) is 1. The summed E-state index contributed by atoms with van der Waals surface area (Å²) >= 11 is 3.30. The lowest BCUT2D eigenvalue weighted by Crippen LogP contribution is -2.44. The quantitative estimate of drug-likeness (QED) is 0.745. The van der Waals surface area contributed by atoms with E-state index in [0.29, 0.717) is 6.54 Å². The average molecular weight is 374 g/mol. The van der Waals surface area contributed by atoms with Gasteiger partial charge < -0.3 is 10.2 Å². The molecule has 25 heavy (non-hydrogen) atoms. The van der Waals surface area contributed by atoms with Crippen LogP contribution in [0.5, 0.6) is 0 Å². The summed E-state index contributed by atoms with van der Waals surface area (Å²) in [5.74, 6) is 0. The monoisotopic (exact) mass is 373 g/mol. The number of thiophene rings is 1. The predicted octanol–water partition coefficient (Wildman–Crippen LogP) is 3.44. The highest BCUT2D eigenvalue weighted by Gasteiger charge is 2.29. The van der Waals surface area contributed by atoms with E-state index < -0.39 is 0 Å². The molecule has 4 rings (SSSR count). The number of aromatic nitrogens is 3. The molecule has 0 spiro atoms. The van der Waals surface area contributed by atoms with E-state index in [0.717, 1.165) is 36.6 Å². The second-order valence-electron chi connectivity index (χ2n) is 6.00. The van der Waals surface area contributed by atoms with Crippen molar-refractivity contribution in [2.75, 3.05) is 6.54 Å². The van der Waals surface area contributed by atoms with Crippen LogP contribution >= 0.6 is 22.7 Å². The van der Waals surface area contributed by atoms with Gasteiger partial charge in [-0.05, 0) is 30.4 Å². The van der Waals surface area contributed by atoms with Gasteiger partial charge >= 0.3 is 6.03 Å². The molecule has 0 saturated carbocycles. The Bertz CT molecular complexity index is 812. The highest BCUT2D eigenvalue weighted by atomic mass is 32.1. The predicted molar refractivity (Wildman–Crippen MR) is 99.6 cm³/mol. The van der Waals surface area contributed by atoms with Crippen molar-refractivity contribution in [1.29, 1.82) is 0 Å². The topological polar surface area (TPSA) is 63.1 Å². The molecule has 1 atom stereocenters. The van der Waals surface area contributed by atoms with Crippen molar-refractivity contribution in [1.82, 2.24) is 25.0 Å². The lowest BCUT2D eigenvalue weighted by molar-refractivity contribution is 0.185. The maximum Gasteiger partial charge on any atom is 0.318 e. The molecule has 1 aliphatic rings. The first kappa shape index (κ1) is 16.3. The number of carbonyl (C=O) groups excluding carboxylic acids is 1. The van der Waals surface area contributed by atoms with E-state index in [1.54, 1.807) is 28.9 Å². The summed E-state index contributed by atoms with van der Waals surface area (Å²) in [5, 5.41) is 12.3. The maximum absolute atomic E-state index is 12.6. The average Bonchev–Trinajstić information content (AvgIpc) is 3.39. The molecule has 2 amide bonds. The van der Waals surface area contributed by atoms with Crippen molar-refractivity contribution in [2.45, 2.75) is 32.0 Å². The summed E-state index contributed by atoms with van der Waals surface area (Å²) in [6.45, 7) is 2.01. The van der Waals surface area contributed by atoms with Crippen LogP contribution in [0.25, 0.3) is 9.88 Å². The zero-order chi connectivity index (χ0) is 17.1. The Balaban J connectivity index is 1.34. The fraction of sp³-hybridized carbons (Fsp3) is 0.353. The van der Waals surface area contributed by atoms with Crippen LogP contribution in [-0.2, 0) is 13.1 Å². The third-order valence-corrected chi connectivity index (χ3v) is 6.23. The van der Waals surface area contributed by atoms with Gasteiger partial charge in [0.25, 0.3) is 0 Å². The Labute approximate surface area is 154 Å². The molecule has 130 valence electrons. The molecule has 1 saturated heterocycles. The Morgan fingerprint density at radius 3 is 3.12 bits per heavy atom.